The number of piperidine rings is 1. The van der Waals surface area contributed by atoms with Crippen LogP contribution in [0, 0.1) is 0 Å². The highest BCUT2D eigenvalue weighted by molar-refractivity contribution is 5.96. The molecule has 3 rings (SSSR count). The fraction of sp³-hybridized carbons (Fsp3) is 0.680. The molecule has 0 bridgehead atoms. The largest absolute Gasteiger partial charge is 0.471 e. The Balaban J connectivity index is 1.69. The third-order valence-electron chi connectivity index (χ3n) is 6.59. The van der Waals surface area contributed by atoms with Crippen LogP contribution in [0.25, 0.3) is 0 Å². The van der Waals surface area contributed by atoms with E-state index in [1.807, 2.05) is 45.9 Å². The second-order valence-electron chi connectivity index (χ2n) is 10.7. The van der Waals surface area contributed by atoms with Gasteiger partial charge in [-0.1, -0.05) is 12.1 Å². The maximum Gasteiger partial charge on any atom is 0.471 e. The zero-order valence-electron chi connectivity index (χ0n) is 20.1. The Bertz CT molecular complexity index is 864. The first-order chi connectivity index (χ1) is 15.3. The molecule has 0 unspecified atom stereocenters. The minimum atomic E-state index is -4.94. The first-order valence-electron chi connectivity index (χ1n) is 11.8. The summed E-state index contributed by atoms with van der Waals surface area (Å²) in [6, 6.07) is 5.17. The van der Waals surface area contributed by atoms with Crippen LogP contribution in [-0.4, -0.2) is 59.5 Å². The van der Waals surface area contributed by atoms with Gasteiger partial charge in [0.25, 0.3) is 0 Å². The van der Waals surface area contributed by atoms with E-state index in [1.165, 1.54) is 5.56 Å². The van der Waals surface area contributed by atoms with Crippen LogP contribution in [-0.2, 0) is 17.6 Å². The summed E-state index contributed by atoms with van der Waals surface area (Å²) in [5.41, 5.74) is 2.17. The summed E-state index contributed by atoms with van der Waals surface area (Å²) >= 11 is 0. The van der Waals surface area contributed by atoms with Crippen molar-refractivity contribution in [3.05, 3.63) is 34.9 Å². The molecule has 0 atom stereocenters. The van der Waals surface area contributed by atoms with E-state index in [0.717, 1.165) is 36.4 Å². The summed E-state index contributed by atoms with van der Waals surface area (Å²) in [7, 11) is 0. The molecule has 1 aromatic carbocycles. The Morgan fingerprint density at radius 1 is 1.03 bits per heavy atom. The van der Waals surface area contributed by atoms with E-state index in [4.69, 9.17) is 0 Å². The van der Waals surface area contributed by atoms with Crippen molar-refractivity contribution in [1.29, 1.82) is 0 Å². The predicted molar refractivity (Wildman–Crippen MR) is 122 cm³/mol. The summed E-state index contributed by atoms with van der Waals surface area (Å²) in [4.78, 5) is 26.1. The molecule has 5 nitrogen and oxygen atoms in total. The van der Waals surface area contributed by atoms with E-state index in [1.54, 1.807) is 0 Å². The molecule has 1 fully saturated rings. The molecule has 2 heterocycles. The normalized spacial score (nSPS) is 20.6. The van der Waals surface area contributed by atoms with Crippen LogP contribution >= 0.6 is 0 Å². The lowest BCUT2D eigenvalue weighted by Gasteiger charge is -2.49. The van der Waals surface area contributed by atoms with Gasteiger partial charge in [0.15, 0.2) is 5.78 Å². The lowest BCUT2D eigenvalue weighted by molar-refractivity contribution is -0.189. The average molecular weight is 468 g/mol. The number of nitrogens with one attached hydrogen (secondary N) is 2. The number of Topliss-reactive ketones (excluding diaryl/α,β-unsaturated/α-hetero) is 1. The van der Waals surface area contributed by atoms with Crippen LogP contribution in [0.5, 0.6) is 0 Å². The van der Waals surface area contributed by atoms with Crippen LogP contribution in [0.2, 0.25) is 0 Å². The number of halogens is 3. The molecule has 8 heteroatoms. The van der Waals surface area contributed by atoms with Crippen molar-refractivity contribution >= 4 is 11.7 Å². The Morgan fingerprint density at radius 2 is 1.64 bits per heavy atom. The van der Waals surface area contributed by atoms with Crippen molar-refractivity contribution in [3.8, 4) is 0 Å². The van der Waals surface area contributed by atoms with Crippen LogP contribution in [0.4, 0.5) is 13.2 Å². The van der Waals surface area contributed by atoms with Crippen molar-refractivity contribution in [2.75, 3.05) is 19.6 Å². The summed E-state index contributed by atoms with van der Waals surface area (Å²) in [6.07, 6.45) is -2.02. The Hall–Kier alpha value is -1.93. The molecule has 0 radical (unpaired) electrons. The summed E-state index contributed by atoms with van der Waals surface area (Å²) in [5, 5.41) is 6.78. The maximum atomic E-state index is 13.4. The Morgan fingerprint density at radius 3 is 2.24 bits per heavy atom. The number of fused-ring (bicyclic) bond motifs is 1. The number of alkyl halides is 3. The summed E-state index contributed by atoms with van der Waals surface area (Å²) in [5.74, 6) is -1.91. The molecule has 0 aromatic heterocycles. The van der Waals surface area contributed by atoms with Gasteiger partial charge in [0.1, 0.15) is 0 Å². The number of hydrogen-bond acceptors (Lipinski definition) is 4. The Labute approximate surface area is 194 Å². The summed E-state index contributed by atoms with van der Waals surface area (Å²) in [6.45, 7) is 9.44. The lowest BCUT2D eigenvalue weighted by atomic mass is 9.79. The third kappa shape index (κ3) is 6.79. The number of carbonyl (C=O) groups excluding carboxylic acids is 2. The third-order valence-corrected chi connectivity index (χ3v) is 6.59. The highest BCUT2D eigenvalue weighted by Crippen LogP contribution is 2.34. The molecule has 2 aliphatic heterocycles. The van der Waals surface area contributed by atoms with E-state index < -0.39 is 29.2 Å². The first kappa shape index (κ1) is 25.7. The number of ketones is 1. The smallest absolute Gasteiger partial charge is 0.332 e. The highest BCUT2D eigenvalue weighted by Gasteiger charge is 2.48. The number of nitrogens with zero attached hydrogens (tertiary/aromatic N) is 1. The number of rotatable bonds is 6. The van der Waals surface area contributed by atoms with E-state index >= 15 is 0 Å². The molecule has 1 saturated heterocycles. The zero-order valence-corrected chi connectivity index (χ0v) is 20.1. The SMILES string of the molecule is CC1(C)CC(N(CCCC(=O)c2ccc3c(c2)CCNCC3)C(=O)C(F)(F)F)CC(C)(C)N1. The second-order valence-corrected chi connectivity index (χ2v) is 10.7. The van der Waals surface area contributed by atoms with Gasteiger partial charge in [0.05, 0.1) is 0 Å². The minimum Gasteiger partial charge on any atom is -0.332 e. The molecule has 0 spiro atoms. The van der Waals surface area contributed by atoms with Gasteiger partial charge in [-0.05, 0) is 90.1 Å². The molecule has 0 saturated carbocycles. The van der Waals surface area contributed by atoms with Crippen molar-refractivity contribution in [3.63, 3.8) is 0 Å². The number of carbonyl (C=O) groups is 2. The van der Waals surface area contributed by atoms with Gasteiger partial charge in [-0.3, -0.25) is 9.59 Å². The maximum absolute atomic E-state index is 13.4. The quantitative estimate of drug-likeness (QED) is 0.620. The van der Waals surface area contributed by atoms with Gasteiger partial charge in [0, 0.05) is 35.6 Å². The van der Waals surface area contributed by atoms with E-state index in [2.05, 4.69) is 10.6 Å². The highest BCUT2D eigenvalue weighted by atomic mass is 19.4. The number of benzene rings is 1. The predicted octanol–water partition coefficient (Wildman–Crippen LogP) is 4.04. The van der Waals surface area contributed by atoms with Crippen LogP contribution in [0.3, 0.4) is 0 Å². The van der Waals surface area contributed by atoms with Gasteiger partial charge < -0.3 is 15.5 Å². The van der Waals surface area contributed by atoms with E-state index in [0.29, 0.717) is 18.4 Å². The number of amides is 1. The zero-order chi connectivity index (χ0) is 24.4. The first-order valence-corrected chi connectivity index (χ1v) is 11.8. The lowest BCUT2D eigenvalue weighted by Crippen LogP contribution is -2.63. The topological polar surface area (TPSA) is 61.4 Å². The Kier molecular flexibility index (Phi) is 7.58. The number of hydrogen-bond donors (Lipinski definition) is 2. The van der Waals surface area contributed by atoms with Crippen molar-refractivity contribution in [2.45, 2.75) is 89.5 Å². The van der Waals surface area contributed by atoms with Crippen molar-refractivity contribution in [1.82, 2.24) is 15.5 Å². The summed E-state index contributed by atoms with van der Waals surface area (Å²) < 4.78 is 40.2. The van der Waals surface area contributed by atoms with E-state index in [-0.39, 0.29) is 25.2 Å². The molecule has 0 aliphatic carbocycles. The van der Waals surface area contributed by atoms with E-state index in [9.17, 15) is 22.8 Å². The van der Waals surface area contributed by atoms with Crippen LogP contribution < -0.4 is 10.6 Å². The fourth-order valence-corrected chi connectivity index (χ4v) is 5.50. The fourth-order valence-electron chi connectivity index (χ4n) is 5.50. The average Bonchev–Trinajstić information content (AvgIpc) is 2.92. The van der Waals surface area contributed by atoms with Gasteiger partial charge in [-0.15, -0.1) is 0 Å². The van der Waals surface area contributed by atoms with Crippen molar-refractivity contribution < 1.29 is 22.8 Å². The molecule has 184 valence electrons. The monoisotopic (exact) mass is 467 g/mol. The van der Waals surface area contributed by atoms with Gasteiger partial charge >= 0.3 is 12.1 Å². The minimum absolute atomic E-state index is 0.0875. The molecule has 1 aromatic rings. The van der Waals surface area contributed by atoms with Crippen molar-refractivity contribution in [2.24, 2.45) is 0 Å². The van der Waals surface area contributed by atoms with Gasteiger partial charge in [-0.25, -0.2) is 0 Å². The second kappa shape index (κ2) is 9.74. The van der Waals surface area contributed by atoms with Gasteiger partial charge in [-0.2, -0.15) is 13.2 Å². The molecule has 1 amide bonds. The van der Waals surface area contributed by atoms with Crippen LogP contribution in [0.1, 0.15) is 74.9 Å². The molecule has 2 aliphatic rings. The van der Waals surface area contributed by atoms with Gasteiger partial charge in [0.2, 0.25) is 0 Å². The molecule has 2 N–H and O–H groups in total. The van der Waals surface area contributed by atoms with Crippen LogP contribution in [0.15, 0.2) is 18.2 Å². The molecular formula is C25H36F3N3O2. The molecule has 33 heavy (non-hydrogen) atoms. The molecular weight excluding hydrogens is 431 g/mol. The standard InChI is InChI=1S/C25H36F3N3O2/c1-23(2)15-20(16-24(3,4)30-23)31(22(33)25(26,27)28)13-5-6-21(32)19-8-7-17-9-11-29-12-10-18(17)14-19/h7-8,14,20,29-30H,5-6,9-13,15-16H2,1-4H3.